The first kappa shape index (κ1) is 12.4. The van der Waals surface area contributed by atoms with Crippen LogP contribution in [0.1, 0.15) is 24.8 Å². The molecule has 3 nitrogen and oxygen atoms in total. The number of anilines is 1. The fourth-order valence-corrected chi connectivity index (χ4v) is 4.00. The topological polar surface area (TPSA) is 42.2 Å². The van der Waals surface area contributed by atoms with E-state index in [1.807, 2.05) is 6.20 Å². The third-order valence-corrected chi connectivity index (χ3v) is 4.90. The van der Waals surface area contributed by atoms with E-state index in [-0.39, 0.29) is 0 Å². The summed E-state index contributed by atoms with van der Waals surface area (Å²) >= 11 is 3.47. The number of halogens is 1. The summed E-state index contributed by atoms with van der Waals surface area (Å²) in [6, 6.07) is 2.54. The van der Waals surface area contributed by atoms with Crippen LogP contribution in [0.25, 0.3) is 0 Å². The number of nitrogens with two attached hydrogens (primary N) is 1. The molecule has 1 saturated carbocycles. The van der Waals surface area contributed by atoms with E-state index < -0.39 is 0 Å². The molecule has 1 aromatic heterocycles. The molecule has 0 amide bonds. The van der Waals surface area contributed by atoms with Crippen molar-refractivity contribution < 1.29 is 0 Å². The molecular formula is C14H20BrN3. The van der Waals surface area contributed by atoms with Gasteiger partial charge in [-0.25, -0.2) is 4.98 Å². The van der Waals surface area contributed by atoms with E-state index in [0.29, 0.717) is 12.0 Å². The van der Waals surface area contributed by atoms with E-state index in [1.165, 1.54) is 24.8 Å². The summed E-state index contributed by atoms with van der Waals surface area (Å²) in [5.41, 5.74) is 7.51. The fourth-order valence-electron chi connectivity index (χ4n) is 3.55. The molecule has 4 heteroatoms. The maximum atomic E-state index is 6.27. The summed E-state index contributed by atoms with van der Waals surface area (Å²) in [5, 5.41) is 0. The predicted octanol–water partition coefficient (Wildman–Crippen LogP) is 2.72. The summed E-state index contributed by atoms with van der Waals surface area (Å²) in [5.74, 6) is 2.59. The van der Waals surface area contributed by atoms with Gasteiger partial charge in [-0.1, -0.05) is 6.42 Å². The molecule has 2 N–H and O–H groups in total. The molecule has 3 atom stereocenters. The molecule has 0 bridgehead atoms. The normalized spacial score (nSPS) is 31.5. The second-order valence-corrected chi connectivity index (χ2v) is 6.63. The first-order valence-electron chi connectivity index (χ1n) is 6.78. The maximum absolute atomic E-state index is 6.27. The Morgan fingerprint density at radius 3 is 2.94 bits per heavy atom. The monoisotopic (exact) mass is 309 g/mol. The standard InChI is InChI=1S/C14H20BrN3/c1-9-5-11(15)6-17-14(9)18-7-10-3-2-4-13(16)12(10)8-18/h5-6,10,12-13H,2-4,7-8,16H2,1H3. The van der Waals surface area contributed by atoms with Crippen molar-refractivity contribution >= 4 is 21.7 Å². The van der Waals surface area contributed by atoms with Gasteiger partial charge in [0.1, 0.15) is 5.82 Å². The predicted molar refractivity (Wildman–Crippen MR) is 77.7 cm³/mol. The Labute approximate surface area is 117 Å². The Kier molecular flexibility index (Phi) is 3.32. The van der Waals surface area contributed by atoms with Crippen molar-refractivity contribution in [2.45, 2.75) is 32.2 Å². The van der Waals surface area contributed by atoms with Gasteiger partial charge in [0.15, 0.2) is 0 Å². The van der Waals surface area contributed by atoms with Gasteiger partial charge in [0.2, 0.25) is 0 Å². The number of fused-ring (bicyclic) bond motifs is 1. The van der Waals surface area contributed by atoms with Crippen LogP contribution in [-0.4, -0.2) is 24.1 Å². The molecule has 0 aromatic carbocycles. The maximum Gasteiger partial charge on any atom is 0.131 e. The highest BCUT2D eigenvalue weighted by Crippen LogP contribution is 2.37. The number of aryl methyl sites for hydroxylation is 1. The molecule has 0 radical (unpaired) electrons. The molecule has 1 aromatic rings. The Morgan fingerprint density at radius 1 is 1.39 bits per heavy atom. The van der Waals surface area contributed by atoms with Crippen molar-refractivity contribution in [3.63, 3.8) is 0 Å². The summed E-state index contributed by atoms with van der Waals surface area (Å²) in [4.78, 5) is 7.01. The second kappa shape index (κ2) is 4.82. The van der Waals surface area contributed by atoms with Crippen molar-refractivity contribution in [1.82, 2.24) is 4.98 Å². The summed E-state index contributed by atoms with van der Waals surface area (Å²) < 4.78 is 1.05. The third kappa shape index (κ3) is 2.16. The number of hydrogen-bond donors (Lipinski definition) is 1. The largest absolute Gasteiger partial charge is 0.356 e. The van der Waals surface area contributed by atoms with Crippen molar-refractivity contribution in [3.05, 3.63) is 22.3 Å². The highest BCUT2D eigenvalue weighted by atomic mass is 79.9. The molecule has 3 rings (SSSR count). The zero-order valence-corrected chi connectivity index (χ0v) is 12.4. The second-order valence-electron chi connectivity index (χ2n) is 5.72. The van der Waals surface area contributed by atoms with Gasteiger partial charge in [0.05, 0.1) is 0 Å². The summed E-state index contributed by atoms with van der Waals surface area (Å²) in [6.45, 7) is 4.35. The average molecular weight is 310 g/mol. The molecule has 1 aliphatic heterocycles. The first-order valence-corrected chi connectivity index (χ1v) is 7.57. The zero-order valence-electron chi connectivity index (χ0n) is 10.8. The number of pyridine rings is 1. The van der Waals surface area contributed by atoms with Gasteiger partial charge in [-0.3, -0.25) is 0 Å². The molecule has 2 heterocycles. The van der Waals surface area contributed by atoms with Crippen molar-refractivity contribution in [2.75, 3.05) is 18.0 Å². The lowest BCUT2D eigenvalue weighted by molar-refractivity contribution is 0.260. The van der Waals surface area contributed by atoms with Crippen LogP contribution in [0.4, 0.5) is 5.82 Å². The fraction of sp³-hybridized carbons (Fsp3) is 0.643. The van der Waals surface area contributed by atoms with E-state index in [4.69, 9.17) is 5.73 Å². The van der Waals surface area contributed by atoms with Gasteiger partial charge in [0.25, 0.3) is 0 Å². The lowest BCUT2D eigenvalue weighted by Crippen LogP contribution is -2.38. The van der Waals surface area contributed by atoms with Gasteiger partial charge in [-0.05, 0) is 59.2 Å². The molecular weight excluding hydrogens is 290 g/mol. The minimum Gasteiger partial charge on any atom is -0.356 e. The Hall–Kier alpha value is -0.610. The summed E-state index contributed by atoms with van der Waals surface area (Å²) in [6.07, 6.45) is 5.72. The minimum absolute atomic E-state index is 0.393. The van der Waals surface area contributed by atoms with Gasteiger partial charge >= 0.3 is 0 Å². The highest BCUT2D eigenvalue weighted by Gasteiger charge is 2.39. The average Bonchev–Trinajstić information content (AvgIpc) is 2.74. The van der Waals surface area contributed by atoms with Crippen LogP contribution in [0.15, 0.2) is 16.7 Å². The van der Waals surface area contributed by atoms with E-state index in [9.17, 15) is 0 Å². The zero-order chi connectivity index (χ0) is 12.7. The smallest absolute Gasteiger partial charge is 0.131 e. The van der Waals surface area contributed by atoms with Crippen LogP contribution in [0, 0.1) is 18.8 Å². The molecule has 1 saturated heterocycles. The van der Waals surface area contributed by atoms with Crippen LogP contribution < -0.4 is 10.6 Å². The van der Waals surface area contributed by atoms with Crippen LogP contribution in [0.2, 0.25) is 0 Å². The quantitative estimate of drug-likeness (QED) is 0.867. The molecule has 0 spiro atoms. The van der Waals surface area contributed by atoms with Gasteiger partial charge in [-0.15, -0.1) is 0 Å². The first-order chi connectivity index (χ1) is 8.65. The van der Waals surface area contributed by atoms with Crippen LogP contribution >= 0.6 is 15.9 Å². The molecule has 1 aliphatic carbocycles. The minimum atomic E-state index is 0.393. The molecule has 98 valence electrons. The summed E-state index contributed by atoms with van der Waals surface area (Å²) in [7, 11) is 0. The Balaban J connectivity index is 1.82. The van der Waals surface area contributed by atoms with Crippen molar-refractivity contribution in [3.8, 4) is 0 Å². The number of nitrogens with zero attached hydrogens (tertiary/aromatic N) is 2. The molecule has 2 fully saturated rings. The van der Waals surface area contributed by atoms with E-state index in [1.54, 1.807) is 0 Å². The Bertz CT molecular complexity index is 449. The number of rotatable bonds is 1. The van der Waals surface area contributed by atoms with E-state index in [0.717, 1.165) is 29.3 Å². The lowest BCUT2D eigenvalue weighted by atomic mass is 9.78. The van der Waals surface area contributed by atoms with Crippen molar-refractivity contribution in [1.29, 1.82) is 0 Å². The van der Waals surface area contributed by atoms with Crippen molar-refractivity contribution in [2.24, 2.45) is 17.6 Å². The molecule has 18 heavy (non-hydrogen) atoms. The van der Waals surface area contributed by atoms with E-state index in [2.05, 4.69) is 38.8 Å². The molecule has 3 unspecified atom stereocenters. The van der Waals surface area contributed by atoms with Crippen LogP contribution in [-0.2, 0) is 0 Å². The van der Waals surface area contributed by atoms with E-state index >= 15 is 0 Å². The highest BCUT2D eigenvalue weighted by molar-refractivity contribution is 9.10. The molecule has 2 aliphatic rings. The lowest BCUT2D eigenvalue weighted by Gasteiger charge is -2.29. The number of aromatic nitrogens is 1. The van der Waals surface area contributed by atoms with Crippen LogP contribution in [0.5, 0.6) is 0 Å². The SMILES string of the molecule is Cc1cc(Br)cnc1N1CC2CCCC(N)C2C1. The van der Waals surface area contributed by atoms with Gasteiger partial charge in [-0.2, -0.15) is 0 Å². The third-order valence-electron chi connectivity index (χ3n) is 4.47. The van der Waals surface area contributed by atoms with Gasteiger partial charge in [0, 0.05) is 29.8 Å². The Morgan fingerprint density at radius 2 is 2.22 bits per heavy atom. The van der Waals surface area contributed by atoms with Gasteiger partial charge < -0.3 is 10.6 Å². The number of hydrogen-bond acceptors (Lipinski definition) is 3. The van der Waals surface area contributed by atoms with Crippen LogP contribution in [0.3, 0.4) is 0 Å².